The molecule has 71 valence electrons. The van der Waals surface area contributed by atoms with E-state index in [4.69, 9.17) is 14.8 Å². The normalized spacial score (nSPS) is 8.23. The molecule has 0 unspecified atom stereocenters. The Morgan fingerprint density at radius 1 is 1.23 bits per heavy atom. The van der Waals surface area contributed by atoms with E-state index in [2.05, 4.69) is 6.92 Å². The van der Waals surface area contributed by atoms with Gasteiger partial charge in [-0.2, -0.15) is 0 Å². The highest BCUT2D eigenvalue weighted by Crippen LogP contribution is 2.07. The van der Waals surface area contributed by atoms with Crippen molar-refractivity contribution in [1.29, 1.82) is 0 Å². The summed E-state index contributed by atoms with van der Waals surface area (Å²) in [7, 11) is 0. The predicted molar refractivity (Wildman–Crippen MR) is 52.4 cm³/mol. The zero-order valence-electron chi connectivity index (χ0n) is 7.68. The second-order valence-electron chi connectivity index (χ2n) is 2.28. The monoisotopic (exact) mass is 181 g/mol. The van der Waals surface area contributed by atoms with Gasteiger partial charge in [-0.05, 0) is 18.6 Å². The molecular weight excluding hydrogens is 167 g/mol. The summed E-state index contributed by atoms with van der Waals surface area (Å²) in [6.45, 7) is 2.91. The van der Waals surface area contributed by atoms with E-state index in [-0.39, 0.29) is 7.69 Å². The summed E-state index contributed by atoms with van der Waals surface area (Å²) in [4.78, 5) is 0. The molecular formula is C9H14BO3. The summed E-state index contributed by atoms with van der Waals surface area (Å²) in [5.41, 5.74) is 0. The van der Waals surface area contributed by atoms with Crippen LogP contribution < -0.4 is 4.74 Å². The van der Waals surface area contributed by atoms with Crippen molar-refractivity contribution in [2.75, 3.05) is 6.61 Å². The summed E-state index contributed by atoms with van der Waals surface area (Å²) in [6.07, 6.45) is 1.06. The molecule has 0 atom stereocenters. The Kier molecular flexibility index (Phi) is 8.40. The molecule has 1 aromatic rings. The number of benzene rings is 1. The van der Waals surface area contributed by atoms with Gasteiger partial charge in [0.25, 0.3) is 0 Å². The lowest BCUT2D eigenvalue weighted by atomic mass is 10.3. The molecule has 0 spiro atoms. The first kappa shape index (κ1) is 12.0. The molecule has 1 aromatic carbocycles. The maximum atomic E-state index is 7.00. The van der Waals surface area contributed by atoms with E-state index in [9.17, 15) is 0 Å². The van der Waals surface area contributed by atoms with Gasteiger partial charge >= 0.3 is 7.69 Å². The first-order valence-corrected chi connectivity index (χ1v) is 4.13. The molecule has 0 amide bonds. The van der Waals surface area contributed by atoms with Gasteiger partial charge in [0.1, 0.15) is 5.75 Å². The fourth-order valence-electron chi connectivity index (χ4n) is 0.737. The van der Waals surface area contributed by atoms with Crippen LogP contribution in [0.15, 0.2) is 30.3 Å². The third kappa shape index (κ3) is 7.37. The quantitative estimate of drug-likeness (QED) is 0.683. The highest BCUT2D eigenvalue weighted by molar-refractivity contribution is 6.13. The van der Waals surface area contributed by atoms with Crippen molar-refractivity contribution in [2.24, 2.45) is 0 Å². The maximum absolute atomic E-state index is 7.00. The molecule has 3 nitrogen and oxygen atoms in total. The number of hydrogen-bond donors (Lipinski definition) is 2. The third-order valence-electron chi connectivity index (χ3n) is 1.22. The first-order valence-electron chi connectivity index (χ1n) is 4.13. The van der Waals surface area contributed by atoms with E-state index in [1.165, 1.54) is 0 Å². The van der Waals surface area contributed by atoms with Gasteiger partial charge < -0.3 is 14.8 Å². The molecule has 1 radical (unpaired) electrons. The fourth-order valence-corrected chi connectivity index (χ4v) is 0.737. The van der Waals surface area contributed by atoms with Crippen LogP contribution >= 0.6 is 0 Å². The largest absolute Gasteiger partial charge is 0.494 e. The lowest BCUT2D eigenvalue weighted by Gasteiger charge is -2.01. The standard InChI is InChI=1S/C9H12O.BH2O2/c1-2-8-10-9-6-4-3-5-7-9;2-1-3/h3-7H,2,8H2,1H3;2-3H. The molecule has 0 fully saturated rings. The van der Waals surface area contributed by atoms with E-state index in [0.717, 1.165) is 18.8 Å². The van der Waals surface area contributed by atoms with E-state index in [1.807, 2.05) is 30.3 Å². The van der Waals surface area contributed by atoms with Crippen LogP contribution in [0.1, 0.15) is 13.3 Å². The molecule has 0 aliphatic carbocycles. The van der Waals surface area contributed by atoms with Crippen LogP contribution in [0.2, 0.25) is 0 Å². The second kappa shape index (κ2) is 9.10. The minimum Gasteiger partial charge on any atom is -0.494 e. The number of rotatable bonds is 3. The highest BCUT2D eigenvalue weighted by atomic mass is 16.5. The Balaban J connectivity index is 0.000000424. The number of hydrogen-bond acceptors (Lipinski definition) is 3. The minimum absolute atomic E-state index is 0. The first-order chi connectivity index (χ1) is 6.35. The van der Waals surface area contributed by atoms with Crippen LogP contribution in [0.3, 0.4) is 0 Å². The molecule has 0 saturated heterocycles. The fraction of sp³-hybridized carbons (Fsp3) is 0.333. The van der Waals surface area contributed by atoms with E-state index >= 15 is 0 Å². The lowest BCUT2D eigenvalue weighted by molar-refractivity contribution is 0.317. The molecule has 0 bridgehead atoms. The van der Waals surface area contributed by atoms with Crippen LogP contribution in [0.25, 0.3) is 0 Å². The van der Waals surface area contributed by atoms with Gasteiger partial charge in [-0.1, -0.05) is 25.1 Å². The van der Waals surface area contributed by atoms with Gasteiger partial charge in [0.05, 0.1) is 6.61 Å². The van der Waals surface area contributed by atoms with Crippen molar-refractivity contribution in [1.82, 2.24) is 0 Å². The second-order valence-corrected chi connectivity index (χ2v) is 2.28. The Bertz CT molecular complexity index is 191. The van der Waals surface area contributed by atoms with Crippen molar-refractivity contribution < 1.29 is 14.8 Å². The molecule has 0 aliphatic rings. The molecule has 4 heteroatoms. The van der Waals surface area contributed by atoms with Crippen LogP contribution in [0, 0.1) is 0 Å². The zero-order valence-corrected chi connectivity index (χ0v) is 7.68. The van der Waals surface area contributed by atoms with Gasteiger partial charge in [0.2, 0.25) is 0 Å². The van der Waals surface area contributed by atoms with Crippen LogP contribution in [-0.2, 0) is 0 Å². The van der Waals surface area contributed by atoms with E-state index in [0.29, 0.717) is 0 Å². The van der Waals surface area contributed by atoms with E-state index in [1.54, 1.807) is 0 Å². The van der Waals surface area contributed by atoms with Gasteiger partial charge in [-0.3, -0.25) is 0 Å². The van der Waals surface area contributed by atoms with E-state index < -0.39 is 0 Å². The Morgan fingerprint density at radius 3 is 2.23 bits per heavy atom. The van der Waals surface area contributed by atoms with Crippen molar-refractivity contribution in [3.8, 4) is 5.75 Å². The number of para-hydroxylation sites is 1. The third-order valence-corrected chi connectivity index (χ3v) is 1.22. The number of ether oxygens (including phenoxy) is 1. The molecule has 13 heavy (non-hydrogen) atoms. The minimum atomic E-state index is 0. The molecule has 2 N–H and O–H groups in total. The van der Waals surface area contributed by atoms with Crippen LogP contribution in [0.4, 0.5) is 0 Å². The Hall–Kier alpha value is -0.995. The maximum Gasteiger partial charge on any atom is 0.482 e. The van der Waals surface area contributed by atoms with Crippen LogP contribution in [-0.4, -0.2) is 24.3 Å². The predicted octanol–water partition coefficient (Wildman–Crippen LogP) is 0.981. The molecule has 1 rings (SSSR count). The molecule has 0 saturated carbocycles. The average Bonchev–Trinajstić information content (AvgIpc) is 2.18. The highest BCUT2D eigenvalue weighted by Gasteiger charge is 1.86. The molecule has 0 aliphatic heterocycles. The summed E-state index contributed by atoms with van der Waals surface area (Å²) in [5.74, 6) is 0.962. The smallest absolute Gasteiger partial charge is 0.482 e. The van der Waals surface area contributed by atoms with Crippen LogP contribution in [0.5, 0.6) is 5.75 Å². The molecule has 0 heterocycles. The van der Waals surface area contributed by atoms with Gasteiger partial charge in [0.15, 0.2) is 0 Å². The lowest BCUT2D eigenvalue weighted by Crippen LogP contribution is -1.93. The summed E-state index contributed by atoms with van der Waals surface area (Å²) < 4.78 is 5.36. The topological polar surface area (TPSA) is 49.7 Å². The van der Waals surface area contributed by atoms with Crippen molar-refractivity contribution in [2.45, 2.75) is 13.3 Å². The summed E-state index contributed by atoms with van der Waals surface area (Å²) in [5, 5.41) is 14.0. The van der Waals surface area contributed by atoms with Gasteiger partial charge in [0, 0.05) is 0 Å². The Labute approximate surface area is 79.3 Å². The Morgan fingerprint density at radius 2 is 1.77 bits per heavy atom. The van der Waals surface area contributed by atoms with Crippen molar-refractivity contribution in [3.05, 3.63) is 30.3 Å². The summed E-state index contributed by atoms with van der Waals surface area (Å²) in [6, 6.07) is 9.88. The average molecular weight is 181 g/mol. The molecule has 0 aromatic heterocycles. The van der Waals surface area contributed by atoms with Crippen molar-refractivity contribution in [3.63, 3.8) is 0 Å². The van der Waals surface area contributed by atoms with Crippen molar-refractivity contribution >= 4 is 7.69 Å². The van der Waals surface area contributed by atoms with Gasteiger partial charge in [-0.25, -0.2) is 0 Å². The SMILES string of the molecule is CCCOc1ccccc1.O[B]O. The zero-order chi connectivity index (χ0) is 9.94. The summed E-state index contributed by atoms with van der Waals surface area (Å²) >= 11 is 0. The van der Waals surface area contributed by atoms with Gasteiger partial charge in [-0.15, -0.1) is 0 Å².